The summed E-state index contributed by atoms with van der Waals surface area (Å²) in [5.41, 5.74) is 1.07. The number of rotatable bonds is 10. The molecule has 1 rings (SSSR count). The Kier molecular flexibility index (Phi) is 8.76. The quantitative estimate of drug-likeness (QED) is 0.613. The summed E-state index contributed by atoms with van der Waals surface area (Å²) in [7, 11) is 0. The zero-order valence-corrected chi connectivity index (χ0v) is 13.7. The Morgan fingerprint density at radius 3 is 2.38 bits per heavy atom. The number of esters is 1. The van der Waals surface area contributed by atoms with Crippen LogP contribution in [0.4, 0.5) is 0 Å². The van der Waals surface area contributed by atoms with E-state index in [4.69, 9.17) is 4.74 Å². The first-order valence-electron chi connectivity index (χ1n) is 8.16. The van der Waals surface area contributed by atoms with E-state index in [-0.39, 0.29) is 11.9 Å². The third kappa shape index (κ3) is 6.30. The normalized spacial score (nSPS) is 12.4. The van der Waals surface area contributed by atoms with Gasteiger partial charge in [0.25, 0.3) is 0 Å². The minimum atomic E-state index is -0.122. The van der Waals surface area contributed by atoms with Gasteiger partial charge in [-0.3, -0.25) is 4.79 Å². The highest BCUT2D eigenvalue weighted by atomic mass is 16.5. The number of unbranched alkanes of at least 4 members (excludes halogenated alkanes) is 1. The van der Waals surface area contributed by atoms with Crippen LogP contribution in [-0.4, -0.2) is 37.1 Å². The van der Waals surface area contributed by atoms with Crippen LogP contribution < -0.4 is 0 Å². The number of hydrogen-bond acceptors (Lipinski definition) is 3. The third-order valence-corrected chi connectivity index (χ3v) is 3.88. The standard InChI is InChI=1S/C18H29NO2/c1-4-7-13-17(16-11-9-8-10-12-16)18(20)21-15-14-19(5-2)6-3/h8-12,17H,4-7,13-15H2,1-3H3. The van der Waals surface area contributed by atoms with E-state index < -0.39 is 0 Å². The molecule has 3 heteroatoms. The number of ether oxygens (including phenoxy) is 1. The van der Waals surface area contributed by atoms with Crippen molar-refractivity contribution in [2.45, 2.75) is 46.0 Å². The molecule has 0 aliphatic heterocycles. The molecule has 0 N–H and O–H groups in total. The minimum Gasteiger partial charge on any atom is -0.464 e. The van der Waals surface area contributed by atoms with Crippen molar-refractivity contribution in [3.05, 3.63) is 35.9 Å². The second kappa shape index (κ2) is 10.4. The first-order valence-corrected chi connectivity index (χ1v) is 8.16. The molecule has 1 aromatic rings. The fourth-order valence-corrected chi connectivity index (χ4v) is 2.43. The monoisotopic (exact) mass is 291 g/mol. The Hall–Kier alpha value is -1.35. The van der Waals surface area contributed by atoms with Gasteiger partial charge in [0.05, 0.1) is 5.92 Å². The fourth-order valence-electron chi connectivity index (χ4n) is 2.43. The number of carbonyl (C=O) groups is 1. The molecule has 118 valence electrons. The van der Waals surface area contributed by atoms with Crippen molar-refractivity contribution in [2.75, 3.05) is 26.2 Å². The highest BCUT2D eigenvalue weighted by Gasteiger charge is 2.21. The average molecular weight is 291 g/mol. The third-order valence-electron chi connectivity index (χ3n) is 3.88. The van der Waals surface area contributed by atoms with Crippen LogP contribution in [0.15, 0.2) is 30.3 Å². The number of nitrogens with zero attached hydrogens (tertiary/aromatic N) is 1. The molecule has 0 heterocycles. The second-order valence-corrected chi connectivity index (χ2v) is 5.30. The molecular formula is C18H29NO2. The lowest BCUT2D eigenvalue weighted by Crippen LogP contribution is -2.29. The van der Waals surface area contributed by atoms with Gasteiger partial charge >= 0.3 is 5.97 Å². The van der Waals surface area contributed by atoms with Crippen molar-refractivity contribution in [2.24, 2.45) is 0 Å². The highest BCUT2D eigenvalue weighted by Crippen LogP contribution is 2.23. The molecule has 0 aliphatic carbocycles. The molecule has 21 heavy (non-hydrogen) atoms. The molecule has 1 atom stereocenters. The molecule has 0 fully saturated rings. The van der Waals surface area contributed by atoms with Crippen molar-refractivity contribution in [3.8, 4) is 0 Å². The topological polar surface area (TPSA) is 29.5 Å². The first-order chi connectivity index (χ1) is 10.2. The zero-order chi connectivity index (χ0) is 15.5. The van der Waals surface area contributed by atoms with Crippen molar-refractivity contribution >= 4 is 5.97 Å². The molecule has 1 aromatic carbocycles. The maximum Gasteiger partial charge on any atom is 0.313 e. The van der Waals surface area contributed by atoms with Gasteiger partial charge in [-0.05, 0) is 25.1 Å². The van der Waals surface area contributed by atoms with E-state index in [1.54, 1.807) is 0 Å². The second-order valence-electron chi connectivity index (χ2n) is 5.30. The molecule has 0 amide bonds. The SMILES string of the molecule is CCCCC(C(=O)OCCN(CC)CC)c1ccccc1. The molecule has 0 saturated carbocycles. The Morgan fingerprint density at radius 1 is 1.14 bits per heavy atom. The lowest BCUT2D eigenvalue weighted by Gasteiger charge is -2.20. The Morgan fingerprint density at radius 2 is 1.81 bits per heavy atom. The van der Waals surface area contributed by atoms with E-state index in [0.717, 1.165) is 44.5 Å². The van der Waals surface area contributed by atoms with E-state index in [1.807, 2.05) is 30.3 Å². The van der Waals surface area contributed by atoms with Crippen molar-refractivity contribution in [1.82, 2.24) is 4.90 Å². The molecule has 0 radical (unpaired) electrons. The van der Waals surface area contributed by atoms with Crippen molar-refractivity contribution in [3.63, 3.8) is 0 Å². The predicted molar refractivity (Wildman–Crippen MR) is 87.5 cm³/mol. The van der Waals surface area contributed by atoms with Gasteiger partial charge < -0.3 is 9.64 Å². The van der Waals surface area contributed by atoms with Gasteiger partial charge in [0, 0.05) is 6.54 Å². The van der Waals surface area contributed by atoms with Gasteiger partial charge in [0.1, 0.15) is 6.61 Å². The molecule has 0 saturated heterocycles. The van der Waals surface area contributed by atoms with E-state index in [0.29, 0.717) is 6.61 Å². The first kappa shape index (κ1) is 17.7. The van der Waals surface area contributed by atoms with Crippen LogP contribution in [0.25, 0.3) is 0 Å². The van der Waals surface area contributed by atoms with E-state index >= 15 is 0 Å². The fraction of sp³-hybridized carbons (Fsp3) is 0.611. The molecule has 3 nitrogen and oxygen atoms in total. The molecule has 1 unspecified atom stereocenters. The summed E-state index contributed by atoms with van der Waals surface area (Å²) in [4.78, 5) is 14.6. The number of benzene rings is 1. The van der Waals surface area contributed by atoms with Gasteiger partial charge in [-0.25, -0.2) is 0 Å². The van der Waals surface area contributed by atoms with Crippen LogP contribution in [0.2, 0.25) is 0 Å². The summed E-state index contributed by atoms with van der Waals surface area (Å²) in [5.74, 6) is -0.204. The summed E-state index contributed by atoms with van der Waals surface area (Å²) in [6.07, 6.45) is 3.01. The summed E-state index contributed by atoms with van der Waals surface area (Å²) in [6.45, 7) is 9.68. The zero-order valence-electron chi connectivity index (χ0n) is 13.7. The summed E-state index contributed by atoms with van der Waals surface area (Å²) in [6, 6.07) is 9.99. The summed E-state index contributed by atoms with van der Waals surface area (Å²) in [5, 5.41) is 0. The van der Waals surface area contributed by atoms with Gasteiger partial charge in [0.2, 0.25) is 0 Å². The average Bonchev–Trinajstić information content (AvgIpc) is 2.53. The van der Waals surface area contributed by atoms with Gasteiger partial charge in [0.15, 0.2) is 0 Å². The smallest absolute Gasteiger partial charge is 0.313 e. The van der Waals surface area contributed by atoms with Crippen molar-refractivity contribution in [1.29, 1.82) is 0 Å². The van der Waals surface area contributed by atoms with E-state index in [1.165, 1.54) is 0 Å². The summed E-state index contributed by atoms with van der Waals surface area (Å²) < 4.78 is 5.51. The Labute approximate surface area is 129 Å². The summed E-state index contributed by atoms with van der Waals surface area (Å²) >= 11 is 0. The maximum atomic E-state index is 12.4. The van der Waals surface area contributed by atoms with Gasteiger partial charge in [-0.2, -0.15) is 0 Å². The largest absolute Gasteiger partial charge is 0.464 e. The molecule has 0 aliphatic rings. The van der Waals surface area contributed by atoms with E-state index in [9.17, 15) is 4.79 Å². The Bertz CT molecular complexity index is 387. The van der Waals surface area contributed by atoms with Gasteiger partial charge in [-0.15, -0.1) is 0 Å². The van der Waals surface area contributed by atoms with E-state index in [2.05, 4.69) is 25.7 Å². The minimum absolute atomic E-state index is 0.0817. The van der Waals surface area contributed by atoms with Crippen LogP contribution in [0, 0.1) is 0 Å². The maximum absolute atomic E-state index is 12.4. The lowest BCUT2D eigenvalue weighted by molar-refractivity contribution is -0.146. The Balaban J connectivity index is 2.56. The van der Waals surface area contributed by atoms with Crippen LogP contribution in [0.5, 0.6) is 0 Å². The van der Waals surface area contributed by atoms with Crippen molar-refractivity contribution < 1.29 is 9.53 Å². The van der Waals surface area contributed by atoms with Crippen LogP contribution >= 0.6 is 0 Å². The molecular weight excluding hydrogens is 262 g/mol. The number of likely N-dealkylation sites (N-methyl/N-ethyl adjacent to an activating group) is 1. The molecule has 0 spiro atoms. The lowest BCUT2D eigenvalue weighted by atomic mass is 9.94. The number of carbonyl (C=O) groups excluding carboxylic acids is 1. The van der Waals surface area contributed by atoms with Gasteiger partial charge in [-0.1, -0.05) is 63.9 Å². The number of hydrogen-bond donors (Lipinski definition) is 0. The predicted octanol–water partition coefficient (Wildman–Crippen LogP) is 3.85. The molecule has 0 bridgehead atoms. The van der Waals surface area contributed by atoms with Crippen LogP contribution in [0.3, 0.4) is 0 Å². The highest BCUT2D eigenvalue weighted by molar-refractivity contribution is 5.78. The van der Waals surface area contributed by atoms with Crippen LogP contribution in [-0.2, 0) is 9.53 Å². The van der Waals surface area contributed by atoms with Crippen LogP contribution in [0.1, 0.15) is 51.5 Å². The molecule has 0 aromatic heterocycles.